The largest absolute Gasteiger partial charge is 0.479 e. The first-order valence-corrected chi connectivity index (χ1v) is 6.83. The maximum atomic E-state index is 12.0. The third-order valence-corrected chi connectivity index (χ3v) is 3.68. The molecule has 0 aliphatic carbocycles. The quantitative estimate of drug-likeness (QED) is 0.203. The highest BCUT2D eigenvalue weighted by Crippen LogP contribution is 2.24. The number of ether oxygens (including phenoxy) is 1. The first kappa shape index (κ1) is 21.3. The van der Waals surface area contributed by atoms with Crippen molar-refractivity contribution in [3.63, 3.8) is 0 Å². The fraction of sp³-hybridized carbons (Fsp3) is 0.750. The third-order valence-electron chi connectivity index (χ3n) is 3.68. The summed E-state index contributed by atoms with van der Waals surface area (Å²) in [6, 6.07) is 0. The minimum atomic E-state index is -2.61. The van der Waals surface area contributed by atoms with Gasteiger partial charge in [0, 0.05) is 0 Å². The summed E-state index contributed by atoms with van der Waals surface area (Å²) >= 11 is 0. The number of hydrogen-bond donors (Lipinski definition) is 9. The topological polar surface area (TPSA) is 243 Å². The van der Waals surface area contributed by atoms with Gasteiger partial charge in [-0.3, -0.25) is 4.79 Å². The molecule has 13 nitrogen and oxygen atoms in total. The van der Waals surface area contributed by atoms with E-state index in [2.05, 4.69) is 4.74 Å². The molecule has 0 amide bonds. The Labute approximate surface area is 138 Å². The van der Waals surface area contributed by atoms with Gasteiger partial charge < -0.3 is 50.7 Å². The van der Waals surface area contributed by atoms with Crippen LogP contribution in [-0.4, -0.2) is 119 Å². The second-order valence-electron chi connectivity index (χ2n) is 5.40. The summed E-state index contributed by atoms with van der Waals surface area (Å²) in [5, 5.41) is 83.8. The van der Waals surface area contributed by atoms with Crippen LogP contribution in [0.3, 0.4) is 0 Å². The molecule has 9 N–H and O–H groups in total. The molecule has 0 radical (unpaired) electrons. The molecule has 0 aromatic rings. The number of carboxylic acids is 2. The predicted molar refractivity (Wildman–Crippen MR) is 71.0 cm³/mol. The van der Waals surface area contributed by atoms with Crippen molar-refractivity contribution in [1.29, 1.82) is 0 Å². The van der Waals surface area contributed by atoms with E-state index in [4.69, 9.17) is 15.3 Å². The molecule has 1 heterocycles. The molecule has 0 spiro atoms. The number of hydrogen-bond acceptors (Lipinski definition) is 11. The van der Waals surface area contributed by atoms with Crippen molar-refractivity contribution < 1.29 is 65.1 Å². The number of ketones is 1. The molecule has 13 heteroatoms. The van der Waals surface area contributed by atoms with E-state index in [1.165, 1.54) is 0 Å². The molecule has 1 saturated heterocycles. The van der Waals surface area contributed by atoms with E-state index in [0.717, 1.165) is 0 Å². The molecule has 0 aromatic carbocycles. The zero-order chi connectivity index (χ0) is 19.6. The number of Topliss-reactive ketones (excluding diaryl/α,β-unsaturated/α-hetero) is 1. The molecule has 1 rings (SSSR count). The molecule has 0 saturated carbocycles. The SMILES string of the molecule is O=C(O)[C@@H](O)[C@@H](O)[C@H](O)[C@@H](O)C(=O)[C@@H]1O[C@H](C(=O)O)[C@@H](O)[C@H](O)[C@H]1O. The van der Waals surface area contributed by atoms with Gasteiger partial charge >= 0.3 is 11.9 Å². The number of aliphatic hydroxyl groups is 7. The van der Waals surface area contributed by atoms with Gasteiger partial charge in [-0.2, -0.15) is 0 Å². The Bertz CT molecular complexity index is 521. The van der Waals surface area contributed by atoms with E-state index < -0.39 is 72.7 Å². The van der Waals surface area contributed by atoms with Crippen LogP contribution in [0, 0.1) is 0 Å². The number of carbonyl (C=O) groups is 3. The van der Waals surface area contributed by atoms with Crippen molar-refractivity contribution in [3.05, 3.63) is 0 Å². The van der Waals surface area contributed by atoms with Gasteiger partial charge in [-0.1, -0.05) is 0 Å². The predicted octanol–water partition coefficient (Wildman–Crippen LogP) is -5.98. The van der Waals surface area contributed by atoms with Gasteiger partial charge in [0.1, 0.15) is 42.7 Å². The van der Waals surface area contributed by atoms with E-state index in [-0.39, 0.29) is 0 Å². The van der Waals surface area contributed by atoms with Crippen LogP contribution in [0.25, 0.3) is 0 Å². The van der Waals surface area contributed by atoms with Crippen LogP contribution in [0.2, 0.25) is 0 Å². The zero-order valence-corrected chi connectivity index (χ0v) is 12.4. The van der Waals surface area contributed by atoms with Crippen molar-refractivity contribution in [3.8, 4) is 0 Å². The lowest BCUT2D eigenvalue weighted by molar-refractivity contribution is -0.229. The van der Waals surface area contributed by atoms with Crippen LogP contribution >= 0.6 is 0 Å². The molecular formula is C12H18O13. The molecule has 0 unspecified atom stereocenters. The van der Waals surface area contributed by atoms with E-state index in [9.17, 15) is 45.0 Å². The van der Waals surface area contributed by atoms with E-state index in [1.807, 2.05) is 0 Å². The normalized spacial score (nSPS) is 34.6. The van der Waals surface area contributed by atoms with Crippen LogP contribution in [0.4, 0.5) is 0 Å². The van der Waals surface area contributed by atoms with E-state index in [1.54, 1.807) is 0 Å². The number of aliphatic hydroxyl groups excluding tert-OH is 7. The van der Waals surface area contributed by atoms with Gasteiger partial charge in [-0.25, -0.2) is 9.59 Å². The molecule has 25 heavy (non-hydrogen) atoms. The molecule has 1 aliphatic rings. The average molecular weight is 370 g/mol. The molecule has 144 valence electrons. The molecular weight excluding hydrogens is 352 g/mol. The summed E-state index contributed by atoms with van der Waals surface area (Å²) < 4.78 is 4.62. The Hall–Kier alpha value is -1.71. The highest BCUT2D eigenvalue weighted by molar-refractivity contribution is 5.89. The summed E-state index contributed by atoms with van der Waals surface area (Å²) in [7, 11) is 0. The van der Waals surface area contributed by atoms with Crippen LogP contribution < -0.4 is 0 Å². The lowest BCUT2D eigenvalue weighted by atomic mass is 9.89. The summed E-state index contributed by atoms with van der Waals surface area (Å²) in [6.07, 6.45) is -21.0. The maximum absolute atomic E-state index is 12.0. The van der Waals surface area contributed by atoms with Crippen molar-refractivity contribution in [2.45, 2.75) is 54.9 Å². The third kappa shape index (κ3) is 4.28. The fourth-order valence-corrected chi connectivity index (χ4v) is 2.18. The number of carboxylic acid groups (broad SMARTS) is 2. The first-order valence-electron chi connectivity index (χ1n) is 6.83. The first-order chi connectivity index (χ1) is 11.4. The van der Waals surface area contributed by atoms with Crippen LogP contribution in [0.15, 0.2) is 0 Å². The van der Waals surface area contributed by atoms with Crippen LogP contribution in [0.5, 0.6) is 0 Å². The van der Waals surface area contributed by atoms with Gasteiger partial charge in [-0.15, -0.1) is 0 Å². The molecule has 1 fully saturated rings. The van der Waals surface area contributed by atoms with E-state index in [0.29, 0.717) is 0 Å². The van der Waals surface area contributed by atoms with Gasteiger partial charge in [0.05, 0.1) is 0 Å². The van der Waals surface area contributed by atoms with Crippen molar-refractivity contribution in [2.75, 3.05) is 0 Å². The Morgan fingerprint density at radius 1 is 0.720 bits per heavy atom. The lowest BCUT2D eigenvalue weighted by Crippen LogP contribution is -2.64. The molecule has 9 atom stereocenters. The minimum absolute atomic E-state index is 1.62. The van der Waals surface area contributed by atoms with E-state index >= 15 is 0 Å². The number of aliphatic carboxylic acids is 2. The zero-order valence-electron chi connectivity index (χ0n) is 12.4. The second kappa shape index (κ2) is 8.11. The van der Waals surface area contributed by atoms with Crippen molar-refractivity contribution in [1.82, 2.24) is 0 Å². The van der Waals surface area contributed by atoms with Crippen LogP contribution in [0.1, 0.15) is 0 Å². The smallest absolute Gasteiger partial charge is 0.335 e. The lowest BCUT2D eigenvalue weighted by Gasteiger charge is -2.39. The second-order valence-corrected chi connectivity index (χ2v) is 5.40. The molecule has 0 bridgehead atoms. The summed E-state index contributed by atoms with van der Waals surface area (Å²) in [5.74, 6) is -5.38. The monoisotopic (exact) mass is 370 g/mol. The van der Waals surface area contributed by atoms with Crippen LogP contribution in [-0.2, 0) is 19.1 Å². The average Bonchev–Trinajstić information content (AvgIpc) is 2.56. The summed E-state index contributed by atoms with van der Waals surface area (Å²) in [5.41, 5.74) is 0. The van der Waals surface area contributed by atoms with Gasteiger partial charge in [0.15, 0.2) is 18.0 Å². The van der Waals surface area contributed by atoms with Gasteiger partial charge in [0.2, 0.25) is 0 Å². The Kier molecular flexibility index (Phi) is 6.92. The maximum Gasteiger partial charge on any atom is 0.335 e. The van der Waals surface area contributed by atoms with Crippen molar-refractivity contribution in [2.24, 2.45) is 0 Å². The highest BCUT2D eigenvalue weighted by atomic mass is 16.6. The molecule has 1 aliphatic heterocycles. The standard InChI is InChI=1S/C12H18O13/c13-1(3(15)8(20)11(21)22)2(14)5(17)9-6(18)4(16)7(19)10(25-9)12(23)24/h1-4,6-10,13-16,18-20H,(H,21,22)(H,23,24)/t1-,2-,3+,4-,6-,7+,8+,9+,10+/m1/s1. The molecule has 0 aromatic heterocycles. The number of rotatable bonds is 7. The highest BCUT2D eigenvalue weighted by Gasteiger charge is 2.51. The van der Waals surface area contributed by atoms with Gasteiger partial charge in [-0.05, 0) is 0 Å². The number of carbonyl (C=O) groups excluding carboxylic acids is 1. The van der Waals surface area contributed by atoms with Crippen molar-refractivity contribution >= 4 is 17.7 Å². The Morgan fingerprint density at radius 2 is 1.16 bits per heavy atom. The Balaban J connectivity index is 2.96. The Morgan fingerprint density at radius 3 is 1.60 bits per heavy atom. The summed E-state index contributed by atoms with van der Waals surface area (Å²) in [4.78, 5) is 33.5. The minimum Gasteiger partial charge on any atom is -0.479 e. The fourth-order valence-electron chi connectivity index (χ4n) is 2.18. The van der Waals surface area contributed by atoms with Gasteiger partial charge in [0.25, 0.3) is 0 Å². The summed E-state index contributed by atoms with van der Waals surface area (Å²) in [6.45, 7) is 0.